The molecule has 244 valence electrons. The molecular weight excluding hydrogens is 646 g/mol. The number of piperazine rings is 2. The molecule has 2 aromatic rings. The molecule has 0 aromatic heterocycles. The van der Waals surface area contributed by atoms with E-state index in [1.54, 1.807) is 18.1 Å². The lowest BCUT2D eigenvalue weighted by atomic mass is 10.2. The van der Waals surface area contributed by atoms with Crippen LogP contribution in [0, 0.1) is 0 Å². The van der Waals surface area contributed by atoms with Crippen LogP contribution in [0.25, 0.3) is 0 Å². The van der Waals surface area contributed by atoms with Gasteiger partial charge >= 0.3 is 24.2 Å². The number of rotatable bonds is 5. The third-order valence-corrected chi connectivity index (χ3v) is 8.17. The molecule has 2 aliphatic rings. The molecule has 0 bridgehead atoms. The molecule has 10 nitrogen and oxygen atoms in total. The van der Waals surface area contributed by atoms with E-state index in [1.807, 2.05) is 23.1 Å². The van der Waals surface area contributed by atoms with Crippen molar-refractivity contribution in [2.24, 2.45) is 0 Å². The van der Waals surface area contributed by atoms with Crippen LogP contribution in [-0.4, -0.2) is 109 Å². The fourth-order valence-corrected chi connectivity index (χ4v) is 5.39. The van der Waals surface area contributed by atoms with E-state index in [2.05, 4.69) is 0 Å². The second-order valence-corrected chi connectivity index (χ2v) is 12.1. The summed E-state index contributed by atoms with van der Waals surface area (Å²) in [6.45, 7) is 0.726. The fraction of sp³-hybridized carbons (Fsp3) is 0.462. The number of anilines is 2. The minimum Gasteiger partial charge on any atom is -0.495 e. The van der Waals surface area contributed by atoms with Crippen LogP contribution >= 0.6 is 10.7 Å². The average Bonchev–Trinajstić information content (AvgIpc) is 2.99. The van der Waals surface area contributed by atoms with E-state index in [-0.39, 0.29) is 44.2 Å². The quantitative estimate of drug-likeness (QED) is 0.350. The van der Waals surface area contributed by atoms with Gasteiger partial charge in [0.25, 0.3) is 9.05 Å². The number of carbonyl (C=O) groups is 2. The van der Waals surface area contributed by atoms with Gasteiger partial charge in [-0.25, -0.2) is 8.42 Å². The predicted molar refractivity (Wildman–Crippen MR) is 149 cm³/mol. The highest BCUT2D eigenvalue weighted by Gasteiger charge is 2.44. The number of carbonyl (C=O) groups excluding carboxylic acids is 2. The van der Waals surface area contributed by atoms with Crippen LogP contribution in [0.2, 0.25) is 0 Å². The first kappa shape index (κ1) is 34.9. The average molecular weight is 675 g/mol. The van der Waals surface area contributed by atoms with Crippen molar-refractivity contribution >= 4 is 42.9 Å². The van der Waals surface area contributed by atoms with Crippen molar-refractivity contribution in [2.75, 3.05) is 76.4 Å². The first-order valence-corrected chi connectivity index (χ1v) is 15.3. The van der Waals surface area contributed by atoms with Gasteiger partial charge < -0.3 is 29.1 Å². The number of methoxy groups -OCH3 is 2. The molecule has 0 radical (unpaired) electrons. The summed E-state index contributed by atoms with van der Waals surface area (Å²) in [6.07, 6.45) is -9.71. The number of hydrogen-bond acceptors (Lipinski definition) is 8. The number of para-hydroxylation sites is 2. The molecule has 2 saturated heterocycles. The number of hydrogen-bond donors (Lipinski definition) is 0. The van der Waals surface area contributed by atoms with Crippen LogP contribution in [0.4, 0.5) is 37.7 Å². The van der Waals surface area contributed by atoms with Gasteiger partial charge in [0.15, 0.2) is 0 Å². The zero-order valence-corrected chi connectivity index (χ0v) is 25.1. The Balaban J connectivity index is 0.000000244. The summed E-state index contributed by atoms with van der Waals surface area (Å²) in [5, 5.41) is 0. The van der Waals surface area contributed by atoms with Crippen molar-refractivity contribution in [3.63, 3.8) is 0 Å². The highest BCUT2D eigenvalue weighted by Crippen LogP contribution is 2.33. The molecular formula is C26H29ClF6N4O6S. The van der Waals surface area contributed by atoms with Gasteiger partial charge in [-0.1, -0.05) is 12.1 Å². The van der Waals surface area contributed by atoms with Gasteiger partial charge in [-0.05, 0) is 30.3 Å². The van der Waals surface area contributed by atoms with Crippen molar-refractivity contribution in [3.8, 4) is 11.5 Å². The molecule has 4 rings (SSSR count). The number of halogens is 7. The highest BCUT2D eigenvalue weighted by molar-refractivity contribution is 8.13. The third kappa shape index (κ3) is 8.74. The first-order valence-electron chi connectivity index (χ1n) is 12.9. The summed E-state index contributed by atoms with van der Waals surface area (Å²) in [5.41, 5.74) is 1.22. The second-order valence-electron chi connectivity index (χ2n) is 9.50. The number of alkyl halides is 6. The fourth-order valence-electron chi connectivity index (χ4n) is 4.62. The zero-order chi connectivity index (χ0) is 32.9. The molecule has 2 aromatic carbocycles. The lowest BCUT2D eigenvalue weighted by Gasteiger charge is -2.36. The Kier molecular flexibility index (Phi) is 11.1. The summed E-state index contributed by atoms with van der Waals surface area (Å²) < 4.78 is 108. The maximum absolute atomic E-state index is 12.5. The summed E-state index contributed by atoms with van der Waals surface area (Å²) in [7, 11) is 4.29. The standard InChI is InChI=1S/C13H14ClF3N2O4S.C13H15F3N2O2/c1-23-11-3-2-9(24(14,21)22)8-10(11)18-4-6-19(7-5-18)12(20)13(15,16)17;1-20-11-5-3-2-4-10(11)17-6-8-18(9-7-17)12(19)13(14,15)16/h2-3,8H,4-7H2,1H3;2-5H,6-9H2,1H3. The number of amides is 2. The van der Waals surface area contributed by atoms with E-state index in [9.17, 15) is 44.3 Å². The Bertz CT molecular complexity index is 1430. The lowest BCUT2D eigenvalue weighted by molar-refractivity contribution is -0.185. The summed E-state index contributed by atoms with van der Waals surface area (Å²) in [5.74, 6) is -2.62. The maximum atomic E-state index is 12.5. The van der Waals surface area contributed by atoms with Gasteiger partial charge in [-0.3, -0.25) is 9.59 Å². The topological polar surface area (TPSA) is 99.7 Å². The monoisotopic (exact) mass is 674 g/mol. The molecule has 18 heteroatoms. The summed E-state index contributed by atoms with van der Waals surface area (Å²) >= 11 is 0. The molecule has 44 heavy (non-hydrogen) atoms. The van der Waals surface area contributed by atoms with Crippen LogP contribution in [0.3, 0.4) is 0 Å². The van der Waals surface area contributed by atoms with Crippen LogP contribution in [0.1, 0.15) is 0 Å². The van der Waals surface area contributed by atoms with Gasteiger partial charge in [0.1, 0.15) is 11.5 Å². The van der Waals surface area contributed by atoms with E-state index in [0.717, 1.165) is 10.6 Å². The molecule has 2 heterocycles. The molecule has 2 aliphatic heterocycles. The smallest absolute Gasteiger partial charge is 0.471 e. The van der Waals surface area contributed by atoms with Crippen molar-refractivity contribution in [3.05, 3.63) is 42.5 Å². The Morgan fingerprint density at radius 2 is 1.09 bits per heavy atom. The third-order valence-electron chi connectivity index (χ3n) is 6.82. The SMILES string of the molecule is COc1ccc(S(=O)(=O)Cl)cc1N1CCN(C(=O)C(F)(F)F)CC1.COc1ccccc1N1CCN(C(=O)C(F)(F)F)CC1. The molecule has 0 saturated carbocycles. The van der Waals surface area contributed by atoms with Crippen LogP contribution in [0.15, 0.2) is 47.4 Å². The highest BCUT2D eigenvalue weighted by atomic mass is 35.7. The molecule has 2 fully saturated rings. The zero-order valence-electron chi connectivity index (χ0n) is 23.5. The Morgan fingerprint density at radius 3 is 1.50 bits per heavy atom. The summed E-state index contributed by atoms with van der Waals surface area (Å²) in [6, 6.07) is 11.3. The van der Waals surface area contributed by atoms with Crippen molar-refractivity contribution < 1.29 is 53.8 Å². The predicted octanol–water partition coefficient (Wildman–Crippen LogP) is 3.74. The number of nitrogens with zero attached hydrogens (tertiary/aromatic N) is 4. The lowest BCUT2D eigenvalue weighted by Crippen LogP contribution is -2.52. The van der Waals surface area contributed by atoms with Gasteiger partial charge in [0, 0.05) is 63.0 Å². The van der Waals surface area contributed by atoms with Crippen LogP contribution < -0.4 is 19.3 Å². The molecule has 0 N–H and O–H groups in total. The molecule has 0 atom stereocenters. The van der Waals surface area contributed by atoms with Crippen LogP contribution in [-0.2, 0) is 18.6 Å². The van der Waals surface area contributed by atoms with Crippen molar-refractivity contribution in [1.82, 2.24) is 9.80 Å². The van der Waals surface area contributed by atoms with Crippen LogP contribution in [0.5, 0.6) is 11.5 Å². The van der Waals surface area contributed by atoms with E-state index in [4.69, 9.17) is 20.2 Å². The molecule has 0 spiro atoms. The molecule has 0 unspecified atom stereocenters. The van der Waals surface area contributed by atoms with Gasteiger partial charge in [0.05, 0.1) is 30.5 Å². The van der Waals surface area contributed by atoms with E-state index in [1.165, 1.54) is 25.3 Å². The minimum absolute atomic E-state index is 0.0520. The Labute approximate surface area is 254 Å². The Morgan fingerprint density at radius 1 is 0.682 bits per heavy atom. The molecule has 0 aliphatic carbocycles. The van der Waals surface area contributed by atoms with Gasteiger partial charge in [-0.2, -0.15) is 26.3 Å². The minimum atomic E-state index is -4.91. The first-order chi connectivity index (χ1) is 20.5. The van der Waals surface area contributed by atoms with Crippen molar-refractivity contribution in [2.45, 2.75) is 17.2 Å². The van der Waals surface area contributed by atoms with E-state index in [0.29, 0.717) is 35.2 Å². The maximum Gasteiger partial charge on any atom is 0.471 e. The summed E-state index contributed by atoms with van der Waals surface area (Å²) in [4.78, 5) is 27.3. The second kappa shape index (κ2) is 14.0. The van der Waals surface area contributed by atoms with E-state index >= 15 is 0 Å². The largest absolute Gasteiger partial charge is 0.495 e. The van der Waals surface area contributed by atoms with Gasteiger partial charge in [0.2, 0.25) is 0 Å². The van der Waals surface area contributed by atoms with Crippen molar-refractivity contribution in [1.29, 1.82) is 0 Å². The number of ether oxygens (including phenoxy) is 2. The number of benzene rings is 2. The Hall–Kier alpha value is -3.60. The van der Waals surface area contributed by atoms with Gasteiger partial charge in [-0.15, -0.1) is 0 Å². The molecule has 2 amide bonds. The normalized spacial score (nSPS) is 16.2. The van der Waals surface area contributed by atoms with E-state index < -0.39 is 33.2 Å².